The molecule has 3 aromatic carbocycles. The van der Waals surface area contributed by atoms with E-state index in [0.717, 1.165) is 30.4 Å². The molecule has 3 rings (SSSR count). The number of aryl methyl sites for hydroxylation is 2. The summed E-state index contributed by atoms with van der Waals surface area (Å²) < 4.78 is 33.9. The van der Waals surface area contributed by atoms with Crippen LogP contribution in [0.25, 0.3) is 0 Å². The van der Waals surface area contributed by atoms with Crippen molar-refractivity contribution in [1.82, 2.24) is 5.32 Å². The van der Waals surface area contributed by atoms with Crippen molar-refractivity contribution in [2.24, 2.45) is 0 Å². The Kier molecular flexibility index (Phi) is 9.44. The molecule has 0 aromatic heterocycles. The van der Waals surface area contributed by atoms with Gasteiger partial charge in [0.15, 0.2) is 5.11 Å². The molecule has 0 spiro atoms. The third-order valence-electron chi connectivity index (χ3n) is 5.55. The van der Waals surface area contributed by atoms with Gasteiger partial charge in [-0.1, -0.05) is 38.0 Å². The second kappa shape index (κ2) is 12.5. The van der Waals surface area contributed by atoms with E-state index in [1.165, 1.54) is 12.1 Å². The third-order valence-corrected chi connectivity index (χ3v) is 7.15. The van der Waals surface area contributed by atoms with Crippen LogP contribution in [0.2, 0.25) is 0 Å². The molecule has 0 radical (unpaired) electrons. The van der Waals surface area contributed by atoms with E-state index in [2.05, 4.69) is 22.3 Å². The van der Waals surface area contributed by atoms with Crippen molar-refractivity contribution in [1.29, 1.82) is 0 Å². The number of carbonyl (C=O) groups excluding carboxylic acids is 1. The quantitative estimate of drug-likeness (QED) is 0.229. The summed E-state index contributed by atoms with van der Waals surface area (Å²) in [6.07, 6.45) is 3.06. The zero-order chi connectivity index (χ0) is 26.1. The van der Waals surface area contributed by atoms with Crippen LogP contribution in [0.3, 0.4) is 0 Å². The van der Waals surface area contributed by atoms with Crippen molar-refractivity contribution >= 4 is 44.6 Å². The van der Waals surface area contributed by atoms with Crippen molar-refractivity contribution in [3.63, 3.8) is 0 Å². The summed E-state index contributed by atoms with van der Waals surface area (Å²) in [6, 6.07) is 18.5. The number of para-hydroxylation sites is 1. The first-order valence-electron chi connectivity index (χ1n) is 11.7. The lowest BCUT2D eigenvalue weighted by molar-refractivity contribution is 0.0973. The van der Waals surface area contributed by atoms with Gasteiger partial charge in [-0.05, 0) is 92.1 Å². The highest BCUT2D eigenvalue weighted by atomic mass is 32.2. The normalized spacial score (nSPS) is 11.0. The van der Waals surface area contributed by atoms with E-state index in [1.807, 2.05) is 26.0 Å². The van der Waals surface area contributed by atoms with Crippen LogP contribution in [-0.2, 0) is 10.0 Å². The number of anilines is 2. The maximum Gasteiger partial charge on any atom is 0.261 e. The van der Waals surface area contributed by atoms with Crippen LogP contribution >= 0.6 is 12.2 Å². The van der Waals surface area contributed by atoms with E-state index in [0.29, 0.717) is 29.3 Å². The molecule has 36 heavy (non-hydrogen) atoms. The van der Waals surface area contributed by atoms with E-state index < -0.39 is 15.9 Å². The highest BCUT2D eigenvalue weighted by Crippen LogP contribution is 2.21. The molecule has 7 nitrogen and oxygen atoms in total. The molecular weight excluding hydrogens is 494 g/mol. The van der Waals surface area contributed by atoms with Crippen LogP contribution in [0.15, 0.2) is 71.6 Å². The summed E-state index contributed by atoms with van der Waals surface area (Å²) in [4.78, 5) is 12.9. The Morgan fingerprint density at radius 3 is 2.31 bits per heavy atom. The van der Waals surface area contributed by atoms with Gasteiger partial charge in [-0.2, -0.15) is 0 Å². The average Bonchev–Trinajstić information content (AvgIpc) is 2.84. The number of benzene rings is 3. The smallest absolute Gasteiger partial charge is 0.261 e. The number of hydrogen-bond acceptors (Lipinski definition) is 5. The van der Waals surface area contributed by atoms with E-state index in [9.17, 15) is 13.2 Å². The monoisotopic (exact) mass is 525 g/mol. The summed E-state index contributed by atoms with van der Waals surface area (Å²) in [5, 5.41) is 5.64. The third kappa shape index (κ3) is 7.53. The highest BCUT2D eigenvalue weighted by Gasteiger charge is 2.16. The molecule has 0 atom stereocenters. The van der Waals surface area contributed by atoms with Crippen LogP contribution in [0.1, 0.15) is 47.7 Å². The van der Waals surface area contributed by atoms with Crippen molar-refractivity contribution in [2.45, 2.75) is 44.9 Å². The van der Waals surface area contributed by atoms with Gasteiger partial charge in [0.05, 0.1) is 17.1 Å². The molecule has 0 aliphatic rings. The number of carbonyl (C=O) groups is 1. The maximum atomic E-state index is 12.8. The minimum atomic E-state index is -3.75. The van der Waals surface area contributed by atoms with Crippen molar-refractivity contribution in [3.8, 4) is 5.75 Å². The SMILES string of the molecule is CCCCCOc1ccccc1C(=O)NC(=S)Nc1ccc(S(=O)(=O)Nc2ccc(C)c(C)c2)cc1. The molecule has 0 unspecified atom stereocenters. The first-order chi connectivity index (χ1) is 17.2. The van der Waals surface area contributed by atoms with Crippen LogP contribution in [-0.4, -0.2) is 26.0 Å². The first-order valence-corrected chi connectivity index (χ1v) is 13.6. The Morgan fingerprint density at radius 2 is 1.61 bits per heavy atom. The van der Waals surface area contributed by atoms with Gasteiger partial charge >= 0.3 is 0 Å². The predicted molar refractivity (Wildman–Crippen MR) is 148 cm³/mol. The van der Waals surface area contributed by atoms with Crippen LogP contribution in [0.5, 0.6) is 5.75 Å². The van der Waals surface area contributed by atoms with Gasteiger partial charge in [0.2, 0.25) is 0 Å². The van der Waals surface area contributed by atoms with Crippen LogP contribution in [0.4, 0.5) is 11.4 Å². The minimum Gasteiger partial charge on any atom is -0.493 e. The van der Waals surface area contributed by atoms with Crippen molar-refractivity contribution < 1.29 is 17.9 Å². The molecule has 0 bridgehead atoms. The molecule has 3 N–H and O–H groups in total. The van der Waals surface area contributed by atoms with Gasteiger partial charge in [-0.25, -0.2) is 8.42 Å². The average molecular weight is 526 g/mol. The first kappa shape index (κ1) is 27.2. The minimum absolute atomic E-state index is 0.0876. The summed E-state index contributed by atoms with van der Waals surface area (Å²) in [5.41, 5.74) is 3.50. The topological polar surface area (TPSA) is 96.5 Å². The van der Waals surface area contributed by atoms with E-state index >= 15 is 0 Å². The molecule has 0 aliphatic carbocycles. The Balaban J connectivity index is 1.60. The number of hydrogen-bond donors (Lipinski definition) is 3. The summed E-state index contributed by atoms with van der Waals surface area (Å²) in [7, 11) is -3.75. The number of ether oxygens (including phenoxy) is 1. The number of amides is 1. The number of rotatable bonds is 10. The predicted octanol–water partition coefficient (Wildman–Crippen LogP) is 5.80. The zero-order valence-corrected chi connectivity index (χ0v) is 22.3. The zero-order valence-electron chi connectivity index (χ0n) is 20.6. The molecular formula is C27H31N3O4S2. The fourth-order valence-electron chi connectivity index (χ4n) is 3.38. The number of unbranched alkanes of at least 4 members (excludes halogenated alkanes) is 2. The Bertz CT molecular complexity index is 1320. The highest BCUT2D eigenvalue weighted by molar-refractivity contribution is 7.92. The summed E-state index contributed by atoms with van der Waals surface area (Å²) >= 11 is 5.28. The molecule has 3 aromatic rings. The summed E-state index contributed by atoms with van der Waals surface area (Å²) in [5.74, 6) is 0.107. The molecule has 0 heterocycles. The number of thiocarbonyl (C=S) groups is 1. The number of sulfonamides is 1. The van der Waals surface area contributed by atoms with Gasteiger partial charge in [0.25, 0.3) is 15.9 Å². The van der Waals surface area contributed by atoms with Gasteiger partial charge in [0.1, 0.15) is 5.75 Å². The van der Waals surface area contributed by atoms with Crippen molar-refractivity contribution in [2.75, 3.05) is 16.6 Å². The fraction of sp³-hybridized carbons (Fsp3) is 0.259. The second-order valence-corrected chi connectivity index (χ2v) is 10.5. The lowest BCUT2D eigenvalue weighted by atomic mass is 10.1. The van der Waals surface area contributed by atoms with E-state index in [-0.39, 0.29) is 10.0 Å². The molecule has 190 valence electrons. The molecule has 1 amide bonds. The van der Waals surface area contributed by atoms with Crippen LogP contribution in [0, 0.1) is 13.8 Å². The van der Waals surface area contributed by atoms with E-state index in [1.54, 1.807) is 42.5 Å². The fourth-order valence-corrected chi connectivity index (χ4v) is 4.64. The Morgan fingerprint density at radius 1 is 0.917 bits per heavy atom. The molecule has 0 saturated carbocycles. The molecule has 0 aliphatic heterocycles. The molecule has 0 saturated heterocycles. The van der Waals surface area contributed by atoms with Crippen LogP contribution < -0.4 is 20.1 Å². The standard InChI is InChI=1S/C27H31N3O4S2/c1-4-5-8-17-34-25-10-7-6-9-24(25)26(31)29-27(35)28-21-13-15-23(16-14-21)36(32,33)30-22-12-11-19(2)20(3)18-22/h6-7,9-16,18,30H,4-5,8,17H2,1-3H3,(H2,28,29,31,35). The second-order valence-electron chi connectivity index (χ2n) is 8.39. The number of nitrogens with one attached hydrogen (secondary N) is 3. The lowest BCUT2D eigenvalue weighted by Crippen LogP contribution is -2.34. The Labute approximate surface area is 218 Å². The van der Waals surface area contributed by atoms with Gasteiger partial charge in [-0.3, -0.25) is 14.8 Å². The van der Waals surface area contributed by atoms with Gasteiger partial charge in [-0.15, -0.1) is 0 Å². The molecule has 0 fully saturated rings. The summed E-state index contributed by atoms with van der Waals surface area (Å²) in [6.45, 7) is 6.54. The van der Waals surface area contributed by atoms with E-state index in [4.69, 9.17) is 17.0 Å². The lowest BCUT2D eigenvalue weighted by Gasteiger charge is -2.13. The molecule has 9 heteroatoms. The van der Waals surface area contributed by atoms with Gasteiger partial charge < -0.3 is 10.1 Å². The van der Waals surface area contributed by atoms with Crippen molar-refractivity contribution in [3.05, 3.63) is 83.4 Å². The van der Waals surface area contributed by atoms with Gasteiger partial charge in [0, 0.05) is 11.4 Å². The maximum absolute atomic E-state index is 12.8. The largest absolute Gasteiger partial charge is 0.493 e. The Hall–Kier alpha value is -3.43.